The van der Waals surface area contributed by atoms with Crippen molar-refractivity contribution in [3.63, 3.8) is 0 Å². The van der Waals surface area contributed by atoms with Crippen LogP contribution in [0.1, 0.15) is 40.0 Å². The van der Waals surface area contributed by atoms with Crippen molar-refractivity contribution in [2.75, 3.05) is 20.3 Å². The predicted molar refractivity (Wildman–Crippen MR) is 73.5 cm³/mol. The number of carboxylic acids is 1. The second-order valence-electron chi connectivity index (χ2n) is 6.52. The van der Waals surface area contributed by atoms with Crippen LogP contribution in [0.4, 0.5) is 4.79 Å². The SMILES string of the molecule is COCC(CNC(=O)OC(C)(C)C)(CC1CC1)C(=O)O. The van der Waals surface area contributed by atoms with E-state index >= 15 is 0 Å². The van der Waals surface area contributed by atoms with Crippen molar-refractivity contribution in [2.45, 2.75) is 45.6 Å². The first-order chi connectivity index (χ1) is 9.18. The molecule has 6 heteroatoms. The minimum atomic E-state index is -1.08. The van der Waals surface area contributed by atoms with Gasteiger partial charge in [0.15, 0.2) is 0 Å². The minimum absolute atomic E-state index is 0.0155. The molecule has 1 amide bonds. The summed E-state index contributed by atoms with van der Waals surface area (Å²) in [6, 6.07) is 0. The highest BCUT2D eigenvalue weighted by Gasteiger charge is 2.44. The fraction of sp³-hybridized carbons (Fsp3) is 0.857. The zero-order valence-corrected chi connectivity index (χ0v) is 12.7. The average Bonchev–Trinajstić information content (AvgIpc) is 3.07. The van der Waals surface area contributed by atoms with Crippen molar-refractivity contribution in [1.29, 1.82) is 0 Å². The van der Waals surface area contributed by atoms with E-state index in [9.17, 15) is 14.7 Å². The fourth-order valence-corrected chi connectivity index (χ4v) is 2.11. The zero-order chi connectivity index (χ0) is 15.4. The standard InChI is InChI=1S/C14H25NO5/c1-13(2,3)20-12(18)15-8-14(9-19-4,11(16)17)7-10-5-6-10/h10H,5-9H2,1-4H3,(H,15,18)(H,16,17). The van der Waals surface area contributed by atoms with E-state index < -0.39 is 23.1 Å². The van der Waals surface area contributed by atoms with Gasteiger partial charge < -0.3 is 19.9 Å². The number of methoxy groups -OCH3 is 1. The molecule has 0 aliphatic heterocycles. The van der Waals surface area contributed by atoms with Crippen LogP contribution >= 0.6 is 0 Å². The van der Waals surface area contributed by atoms with Crippen molar-refractivity contribution in [2.24, 2.45) is 11.3 Å². The van der Waals surface area contributed by atoms with Crippen LogP contribution in [0.2, 0.25) is 0 Å². The van der Waals surface area contributed by atoms with Gasteiger partial charge in [0, 0.05) is 13.7 Å². The van der Waals surface area contributed by atoms with E-state index in [0.717, 1.165) is 12.8 Å². The lowest BCUT2D eigenvalue weighted by Crippen LogP contribution is -2.47. The van der Waals surface area contributed by atoms with Crippen molar-refractivity contribution < 1.29 is 24.2 Å². The third-order valence-electron chi connectivity index (χ3n) is 3.22. The fourth-order valence-electron chi connectivity index (χ4n) is 2.11. The Morgan fingerprint density at radius 1 is 1.30 bits per heavy atom. The normalized spacial score (nSPS) is 18.2. The summed E-state index contributed by atoms with van der Waals surface area (Å²) >= 11 is 0. The van der Waals surface area contributed by atoms with E-state index in [4.69, 9.17) is 9.47 Å². The first kappa shape index (κ1) is 16.8. The highest BCUT2D eigenvalue weighted by molar-refractivity contribution is 5.76. The van der Waals surface area contributed by atoms with Gasteiger partial charge >= 0.3 is 12.1 Å². The molecule has 1 atom stereocenters. The number of carbonyl (C=O) groups excluding carboxylic acids is 1. The number of nitrogens with one attached hydrogen (secondary N) is 1. The second kappa shape index (κ2) is 6.43. The Bertz CT molecular complexity index is 359. The summed E-state index contributed by atoms with van der Waals surface area (Å²) in [4.78, 5) is 23.3. The molecule has 20 heavy (non-hydrogen) atoms. The lowest BCUT2D eigenvalue weighted by Gasteiger charge is -2.29. The summed E-state index contributed by atoms with van der Waals surface area (Å²) in [7, 11) is 1.47. The Labute approximate surface area is 119 Å². The molecule has 0 radical (unpaired) electrons. The van der Waals surface area contributed by atoms with Crippen LogP contribution in [0, 0.1) is 11.3 Å². The molecule has 0 spiro atoms. The molecule has 1 aliphatic rings. The Hall–Kier alpha value is -1.30. The summed E-state index contributed by atoms with van der Waals surface area (Å²) in [5.41, 5.74) is -1.68. The highest BCUT2D eigenvalue weighted by atomic mass is 16.6. The number of amides is 1. The summed E-state index contributed by atoms with van der Waals surface area (Å²) in [6.45, 7) is 5.37. The van der Waals surface area contributed by atoms with Crippen molar-refractivity contribution in [3.05, 3.63) is 0 Å². The van der Waals surface area contributed by atoms with Crippen LogP contribution < -0.4 is 5.32 Å². The van der Waals surface area contributed by atoms with Gasteiger partial charge in [-0.25, -0.2) is 4.79 Å². The predicted octanol–water partition coefficient (Wildman–Crippen LogP) is 2.03. The molecule has 1 aliphatic carbocycles. The molecular weight excluding hydrogens is 262 g/mol. The van der Waals surface area contributed by atoms with Crippen LogP contribution in [0.15, 0.2) is 0 Å². The van der Waals surface area contributed by atoms with Crippen LogP contribution in [-0.4, -0.2) is 43.0 Å². The molecule has 0 aromatic rings. The van der Waals surface area contributed by atoms with Crippen LogP contribution in [-0.2, 0) is 14.3 Å². The molecule has 1 fully saturated rings. The molecule has 0 saturated heterocycles. The van der Waals surface area contributed by atoms with Gasteiger partial charge in [-0.2, -0.15) is 0 Å². The van der Waals surface area contributed by atoms with Gasteiger partial charge in [-0.3, -0.25) is 4.79 Å². The number of carbonyl (C=O) groups is 2. The van der Waals surface area contributed by atoms with Crippen molar-refractivity contribution in [1.82, 2.24) is 5.32 Å². The smallest absolute Gasteiger partial charge is 0.407 e. The molecule has 0 bridgehead atoms. The van der Waals surface area contributed by atoms with Gasteiger partial charge in [0.05, 0.1) is 6.61 Å². The molecule has 2 N–H and O–H groups in total. The lowest BCUT2D eigenvalue weighted by atomic mass is 9.83. The number of ether oxygens (including phenoxy) is 2. The molecule has 6 nitrogen and oxygen atoms in total. The van der Waals surface area contributed by atoms with Gasteiger partial charge in [-0.05, 0) is 33.1 Å². The maximum atomic E-state index is 11.7. The number of hydrogen-bond donors (Lipinski definition) is 2. The van der Waals surface area contributed by atoms with Crippen LogP contribution in [0.3, 0.4) is 0 Å². The third-order valence-corrected chi connectivity index (χ3v) is 3.22. The molecule has 0 aromatic carbocycles. The monoisotopic (exact) mass is 287 g/mol. The molecule has 1 unspecified atom stereocenters. The number of aliphatic carboxylic acids is 1. The Morgan fingerprint density at radius 2 is 1.90 bits per heavy atom. The average molecular weight is 287 g/mol. The number of carboxylic acid groups (broad SMARTS) is 1. The molecule has 1 saturated carbocycles. The van der Waals surface area contributed by atoms with E-state index in [1.54, 1.807) is 20.8 Å². The highest BCUT2D eigenvalue weighted by Crippen LogP contribution is 2.40. The number of rotatable bonds is 7. The molecule has 0 aromatic heterocycles. The molecular formula is C14H25NO5. The molecule has 116 valence electrons. The molecule has 0 heterocycles. The summed E-state index contributed by atoms with van der Waals surface area (Å²) < 4.78 is 10.2. The van der Waals surface area contributed by atoms with E-state index in [2.05, 4.69) is 5.32 Å². The van der Waals surface area contributed by atoms with Crippen LogP contribution in [0.25, 0.3) is 0 Å². The van der Waals surface area contributed by atoms with Gasteiger partial charge in [-0.1, -0.05) is 12.8 Å². The van der Waals surface area contributed by atoms with E-state index in [1.165, 1.54) is 7.11 Å². The zero-order valence-electron chi connectivity index (χ0n) is 12.7. The van der Waals surface area contributed by atoms with Gasteiger partial charge in [0.1, 0.15) is 11.0 Å². The number of alkyl carbamates (subject to hydrolysis) is 1. The summed E-state index contributed by atoms with van der Waals surface area (Å²) in [5, 5.41) is 12.1. The maximum absolute atomic E-state index is 11.7. The quantitative estimate of drug-likeness (QED) is 0.748. The van der Waals surface area contributed by atoms with Gasteiger partial charge in [0.2, 0.25) is 0 Å². The topological polar surface area (TPSA) is 84.9 Å². The Balaban J connectivity index is 2.63. The Morgan fingerprint density at radius 3 is 2.30 bits per heavy atom. The summed E-state index contributed by atoms with van der Waals surface area (Å²) in [5.74, 6) is -0.524. The number of hydrogen-bond acceptors (Lipinski definition) is 4. The van der Waals surface area contributed by atoms with E-state index in [-0.39, 0.29) is 13.2 Å². The van der Waals surface area contributed by atoms with Crippen molar-refractivity contribution in [3.8, 4) is 0 Å². The van der Waals surface area contributed by atoms with Gasteiger partial charge in [0.25, 0.3) is 0 Å². The van der Waals surface area contributed by atoms with Crippen molar-refractivity contribution >= 4 is 12.1 Å². The summed E-state index contributed by atoms with van der Waals surface area (Å²) in [6.07, 6.45) is 2.01. The Kier molecular flexibility index (Phi) is 5.39. The first-order valence-electron chi connectivity index (χ1n) is 6.88. The van der Waals surface area contributed by atoms with Crippen LogP contribution in [0.5, 0.6) is 0 Å². The van der Waals surface area contributed by atoms with Gasteiger partial charge in [-0.15, -0.1) is 0 Å². The minimum Gasteiger partial charge on any atom is -0.481 e. The first-order valence-corrected chi connectivity index (χ1v) is 6.88. The lowest BCUT2D eigenvalue weighted by molar-refractivity contribution is -0.152. The largest absolute Gasteiger partial charge is 0.481 e. The van der Waals surface area contributed by atoms with E-state index in [1.807, 2.05) is 0 Å². The third kappa shape index (κ3) is 5.36. The second-order valence-corrected chi connectivity index (χ2v) is 6.52. The molecule has 1 rings (SSSR count). The maximum Gasteiger partial charge on any atom is 0.407 e. The van der Waals surface area contributed by atoms with E-state index in [0.29, 0.717) is 12.3 Å².